The second-order valence-electron chi connectivity index (χ2n) is 4.16. The van der Waals surface area contributed by atoms with Crippen molar-refractivity contribution >= 4 is 11.3 Å². The first-order chi connectivity index (χ1) is 8.19. The largest absolute Gasteiger partial charge is 0.469 e. The lowest BCUT2D eigenvalue weighted by Gasteiger charge is -2.14. The average molecular weight is 250 g/mol. The Hall–Kier alpha value is -1.13. The SMILES string of the molecule is CCNC(Cc1csc(C)n1)c1coc(C)c1. The molecule has 0 amide bonds. The van der Waals surface area contributed by atoms with E-state index in [1.165, 1.54) is 5.56 Å². The molecule has 92 valence electrons. The quantitative estimate of drug-likeness (QED) is 0.885. The fourth-order valence-electron chi connectivity index (χ4n) is 1.91. The van der Waals surface area contributed by atoms with Crippen LogP contribution in [0.15, 0.2) is 22.1 Å². The highest BCUT2D eigenvalue weighted by atomic mass is 32.1. The molecule has 1 atom stereocenters. The van der Waals surface area contributed by atoms with Gasteiger partial charge < -0.3 is 9.73 Å². The highest BCUT2D eigenvalue weighted by Gasteiger charge is 2.14. The number of aromatic nitrogens is 1. The molecule has 0 aliphatic rings. The smallest absolute Gasteiger partial charge is 0.101 e. The summed E-state index contributed by atoms with van der Waals surface area (Å²) in [5.41, 5.74) is 2.35. The Balaban J connectivity index is 2.12. The van der Waals surface area contributed by atoms with E-state index < -0.39 is 0 Å². The van der Waals surface area contributed by atoms with Crippen LogP contribution in [0.2, 0.25) is 0 Å². The summed E-state index contributed by atoms with van der Waals surface area (Å²) in [7, 11) is 0. The van der Waals surface area contributed by atoms with E-state index in [0.717, 1.165) is 29.4 Å². The van der Waals surface area contributed by atoms with Gasteiger partial charge in [-0.1, -0.05) is 6.92 Å². The molecule has 2 rings (SSSR count). The zero-order valence-electron chi connectivity index (χ0n) is 10.5. The molecule has 17 heavy (non-hydrogen) atoms. The van der Waals surface area contributed by atoms with Crippen LogP contribution < -0.4 is 5.32 Å². The Morgan fingerprint density at radius 2 is 2.29 bits per heavy atom. The van der Waals surface area contributed by atoms with Crippen LogP contribution in [0, 0.1) is 13.8 Å². The number of hydrogen-bond donors (Lipinski definition) is 1. The van der Waals surface area contributed by atoms with Gasteiger partial charge in [0.2, 0.25) is 0 Å². The molecule has 4 heteroatoms. The number of nitrogens with one attached hydrogen (secondary N) is 1. The van der Waals surface area contributed by atoms with E-state index in [0.29, 0.717) is 6.04 Å². The van der Waals surface area contributed by atoms with Crippen molar-refractivity contribution in [2.45, 2.75) is 33.2 Å². The van der Waals surface area contributed by atoms with Gasteiger partial charge in [-0.25, -0.2) is 4.98 Å². The molecule has 0 fully saturated rings. The highest BCUT2D eigenvalue weighted by molar-refractivity contribution is 7.09. The van der Waals surface area contributed by atoms with Gasteiger partial charge in [0.05, 0.1) is 17.0 Å². The van der Waals surface area contributed by atoms with Crippen molar-refractivity contribution in [2.24, 2.45) is 0 Å². The number of likely N-dealkylation sites (N-methyl/N-ethyl adjacent to an activating group) is 1. The molecule has 1 unspecified atom stereocenters. The van der Waals surface area contributed by atoms with Crippen LogP contribution in [0.1, 0.15) is 35.0 Å². The van der Waals surface area contributed by atoms with Crippen LogP contribution in [0.3, 0.4) is 0 Å². The first kappa shape index (κ1) is 12.3. The molecule has 0 radical (unpaired) electrons. The summed E-state index contributed by atoms with van der Waals surface area (Å²) in [6.07, 6.45) is 2.75. The van der Waals surface area contributed by atoms with Crippen molar-refractivity contribution in [1.82, 2.24) is 10.3 Å². The van der Waals surface area contributed by atoms with E-state index in [2.05, 4.69) is 28.7 Å². The van der Waals surface area contributed by atoms with Crippen LogP contribution in [-0.2, 0) is 6.42 Å². The third-order valence-electron chi connectivity index (χ3n) is 2.68. The first-order valence-corrected chi connectivity index (χ1v) is 6.76. The maximum atomic E-state index is 5.38. The molecule has 0 aliphatic heterocycles. The van der Waals surface area contributed by atoms with Gasteiger partial charge >= 0.3 is 0 Å². The number of hydrogen-bond acceptors (Lipinski definition) is 4. The second kappa shape index (κ2) is 5.47. The van der Waals surface area contributed by atoms with E-state index in [4.69, 9.17) is 4.42 Å². The minimum absolute atomic E-state index is 0.291. The van der Waals surface area contributed by atoms with E-state index in [9.17, 15) is 0 Å². The number of furan rings is 1. The molecular weight excluding hydrogens is 232 g/mol. The van der Waals surface area contributed by atoms with Gasteiger partial charge in [0.1, 0.15) is 5.76 Å². The molecule has 0 saturated heterocycles. The predicted octanol–water partition coefficient (Wildman–Crippen LogP) is 3.25. The average Bonchev–Trinajstić information content (AvgIpc) is 2.87. The summed E-state index contributed by atoms with van der Waals surface area (Å²) in [6, 6.07) is 2.38. The van der Waals surface area contributed by atoms with E-state index in [-0.39, 0.29) is 0 Å². The van der Waals surface area contributed by atoms with Crippen LogP contribution >= 0.6 is 11.3 Å². The third-order valence-corrected chi connectivity index (χ3v) is 3.51. The minimum Gasteiger partial charge on any atom is -0.469 e. The van der Waals surface area contributed by atoms with Gasteiger partial charge in [-0.05, 0) is 26.5 Å². The fourth-order valence-corrected chi connectivity index (χ4v) is 2.54. The molecule has 0 aromatic carbocycles. The predicted molar refractivity (Wildman–Crippen MR) is 70.4 cm³/mol. The number of rotatable bonds is 5. The lowest BCUT2D eigenvalue weighted by atomic mass is 10.1. The molecule has 0 aliphatic carbocycles. The van der Waals surface area contributed by atoms with Crippen molar-refractivity contribution in [3.05, 3.63) is 39.7 Å². The summed E-state index contributed by atoms with van der Waals surface area (Å²) in [4.78, 5) is 4.51. The normalized spacial score (nSPS) is 12.9. The van der Waals surface area contributed by atoms with Gasteiger partial charge in [-0.15, -0.1) is 11.3 Å². The van der Waals surface area contributed by atoms with Crippen molar-refractivity contribution in [2.75, 3.05) is 6.54 Å². The molecule has 0 bridgehead atoms. The monoisotopic (exact) mass is 250 g/mol. The summed E-state index contributed by atoms with van der Waals surface area (Å²) < 4.78 is 5.38. The highest BCUT2D eigenvalue weighted by Crippen LogP contribution is 2.21. The molecule has 1 N–H and O–H groups in total. The number of nitrogens with zero attached hydrogens (tertiary/aromatic N) is 1. The second-order valence-corrected chi connectivity index (χ2v) is 5.23. The van der Waals surface area contributed by atoms with E-state index in [1.54, 1.807) is 11.3 Å². The van der Waals surface area contributed by atoms with E-state index in [1.807, 2.05) is 20.1 Å². The lowest BCUT2D eigenvalue weighted by molar-refractivity contribution is 0.509. The number of aryl methyl sites for hydroxylation is 2. The Labute approximate surface area is 106 Å². The van der Waals surface area contributed by atoms with Crippen molar-refractivity contribution < 1.29 is 4.42 Å². The zero-order chi connectivity index (χ0) is 12.3. The van der Waals surface area contributed by atoms with Crippen molar-refractivity contribution in [3.8, 4) is 0 Å². The van der Waals surface area contributed by atoms with Gasteiger partial charge in [0.25, 0.3) is 0 Å². The van der Waals surface area contributed by atoms with Crippen LogP contribution in [0.25, 0.3) is 0 Å². The summed E-state index contributed by atoms with van der Waals surface area (Å²) in [6.45, 7) is 7.07. The minimum atomic E-state index is 0.291. The molecule has 2 aromatic rings. The van der Waals surface area contributed by atoms with Gasteiger partial charge in [-0.2, -0.15) is 0 Å². The summed E-state index contributed by atoms with van der Waals surface area (Å²) >= 11 is 1.70. The molecule has 2 heterocycles. The molecule has 3 nitrogen and oxygen atoms in total. The number of thiazole rings is 1. The standard InChI is InChI=1S/C13H18N2OS/c1-4-14-13(11-5-9(2)16-7-11)6-12-8-17-10(3)15-12/h5,7-8,13-14H,4,6H2,1-3H3. The Morgan fingerprint density at radius 1 is 1.47 bits per heavy atom. The molecule has 0 saturated carbocycles. The fraction of sp³-hybridized carbons (Fsp3) is 0.462. The molecule has 2 aromatic heterocycles. The van der Waals surface area contributed by atoms with E-state index >= 15 is 0 Å². The summed E-state index contributed by atoms with van der Waals surface area (Å²) in [5, 5.41) is 6.73. The Morgan fingerprint density at radius 3 is 2.82 bits per heavy atom. The van der Waals surface area contributed by atoms with Crippen LogP contribution in [-0.4, -0.2) is 11.5 Å². The molecular formula is C13H18N2OS. The maximum absolute atomic E-state index is 5.38. The van der Waals surface area contributed by atoms with Gasteiger partial charge in [0, 0.05) is 23.4 Å². The first-order valence-electron chi connectivity index (χ1n) is 5.88. The van der Waals surface area contributed by atoms with Crippen molar-refractivity contribution in [1.29, 1.82) is 0 Å². The van der Waals surface area contributed by atoms with Crippen LogP contribution in [0.4, 0.5) is 0 Å². The Kier molecular flexibility index (Phi) is 3.97. The van der Waals surface area contributed by atoms with Gasteiger partial charge in [-0.3, -0.25) is 0 Å². The maximum Gasteiger partial charge on any atom is 0.101 e. The van der Waals surface area contributed by atoms with Crippen molar-refractivity contribution in [3.63, 3.8) is 0 Å². The third kappa shape index (κ3) is 3.17. The summed E-state index contributed by atoms with van der Waals surface area (Å²) in [5.74, 6) is 0.956. The van der Waals surface area contributed by atoms with Gasteiger partial charge in [0.15, 0.2) is 0 Å². The zero-order valence-corrected chi connectivity index (χ0v) is 11.3. The Bertz CT molecular complexity index is 475. The topological polar surface area (TPSA) is 38.1 Å². The lowest BCUT2D eigenvalue weighted by Crippen LogP contribution is -2.22. The molecule has 0 spiro atoms. The van der Waals surface area contributed by atoms with Crippen LogP contribution in [0.5, 0.6) is 0 Å².